The molecule has 2 heterocycles. The fourth-order valence-electron chi connectivity index (χ4n) is 2.29. The number of carbonyl (C=O) groups is 1. The molecule has 5 heteroatoms. The van der Waals surface area contributed by atoms with Gasteiger partial charge in [-0.2, -0.15) is 5.10 Å². The van der Waals surface area contributed by atoms with Crippen molar-refractivity contribution in [3.63, 3.8) is 0 Å². The van der Waals surface area contributed by atoms with E-state index in [1.807, 2.05) is 18.7 Å². The molecule has 0 radical (unpaired) electrons. The average molecular weight is 250 g/mol. The average Bonchev–Trinajstić information content (AvgIpc) is 2.81. The first-order chi connectivity index (χ1) is 8.68. The van der Waals surface area contributed by atoms with Crippen LogP contribution in [-0.4, -0.2) is 40.1 Å². The molecule has 1 amide bonds. The highest BCUT2D eigenvalue weighted by Crippen LogP contribution is 2.10. The number of hydrogen-bond acceptors (Lipinski definition) is 3. The lowest BCUT2D eigenvalue weighted by molar-refractivity contribution is -0.133. The van der Waals surface area contributed by atoms with Gasteiger partial charge in [0.25, 0.3) is 0 Å². The van der Waals surface area contributed by atoms with Crippen molar-refractivity contribution < 1.29 is 4.79 Å². The molecule has 1 saturated heterocycles. The predicted molar refractivity (Wildman–Crippen MR) is 70.1 cm³/mol. The number of amides is 1. The Morgan fingerprint density at radius 2 is 2.22 bits per heavy atom. The fourth-order valence-corrected chi connectivity index (χ4v) is 2.29. The number of piperidine rings is 1. The summed E-state index contributed by atoms with van der Waals surface area (Å²) in [7, 11) is 0. The maximum Gasteiger partial charge on any atom is 0.239 e. The second kappa shape index (κ2) is 6.00. The Morgan fingerprint density at radius 1 is 1.50 bits per heavy atom. The van der Waals surface area contributed by atoms with E-state index in [2.05, 4.69) is 15.5 Å². The maximum atomic E-state index is 12.2. The second-order valence-corrected chi connectivity index (χ2v) is 5.01. The van der Waals surface area contributed by atoms with Crippen molar-refractivity contribution in [2.75, 3.05) is 13.1 Å². The van der Waals surface area contributed by atoms with E-state index in [1.165, 1.54) is 6.42 Å². The number of hydrogen-bond donors (Lipinski definition) is 2. The first-order valence-electron chi connectivity index (χ1n) is 6.69. The summed E-state index contributed by atoms with van der Waals surface area (Å²) >= 11 is 0. The van der Waals surface area contributed by atoms with Crippen molar-refractivity contribution in [2.24, 2.45) is 0 Å². The molecule has 1 atom stereocenters. The minimum Gasteiger partial charge on any atom is -0.341 e. The van der Waals surface area contributed by atoms with Gasteiger partial charge in [0.05, 0.1) is 12.2 Å². The third-order valence-corrected chi connectivity index (χ3v) is 3.57. The number of rotatable bonds is 4. The molecule has 1 fully saturated rings. The number of aromatic nitrogens is 2. The van der Waals surface area contributed by atoms with Crippen LogP contribution < -0.4 is 5.32 Å². The summed E-state index contributed by atoms with van der Waals surface area (Å²) in [6.45, 7) is 6.43. The quantitative estimate of drug-likeness (QED) is 0.844. The van der Waals surface area contributed by atoms with Crippen molar-refractivity contribution >= 4 is 5.91 Å². The fraction of sp³-hybridized carbons (Fsp3) is 0.692. The molecule has 100 valence electrons. The van der Waals surface area contributed by atoms with E-state index in [0.717, 1.165) is 37.2 Å². The molecule has 0 aliphatic carbocycles. The zero-order valence-corrected chi connectivity index (χ0v) is 11.2. The highest BCUT2D eigenvalue weighted by atomic mass is 16.2. The van der Waals surface area contributed by atoms with Crippen LogP contribution in [0.3, 0.4) is 0 Å². The standard InChI is InChI=1S/C13H22N4O/c1-10-12(9-15-16-10)8-14-11(2)13(18)17-6-4-3-5-7-17/h9,11,14H,3-8H2,1-2H3,(H,15,16)/t11-/m0/s1. The molecule has 5 nitrogen and oxygen atoms in total. The van der Waals surface area contributed by atoms with Crippen molar-refractivity contribution in [3.8, 4) is 0 Å². The SMILES string of the molecule is Cc1[nH]ncc1CN[C@@H](C)C(=O)N1CCCCC1. The molecule has 1 aromatic heterocycles. The number of aryl methyl sites for hydroxylation is 1. The highest BCUT2D eigenvalue weighted by molar-refractivity contribution is 5.81. The molecule has 1 aromatic rings. The zero-order chi connectivity index (χ0) is 13.0. The number of H-pyrrole nitrogens is 1. The third kappa shape index (κ3) is 3.10. The number of aromatic amines is 1. The molecule has 1 aliphatic heterocycles. The molecule has 0 saturated carbocycles. The summed E-state index contributed by atoms with van der Waals surface area (Å²) in [5, 5.41) is 10.1. The van der Waals surface area contributed by atoms with Gasteiger partial charge in [-0.3, -0.25) is 9.89 Å². The van der Waals surface area contributed by atoms with Crippen LogP contribution in [0.1, 0.15) is 37.4 Å². The minimum absolute atomic E-state index is 0.127. The molecule has 18 heavy (non-hydrogen) atoms. The van der Waals surface area contributed by atoms with Crippen LogP contribution in [-0.2, 0) is 11.3 Å². The van der Waals surface area contributed by atoms with E-state index in [4.69, 9.17) is 0 Å². The molecule has 2 N–H and O–H groups in total. The van der Waals surface area contributed by atoms with Gasteiger partial charge in [0.1, 0.15) is 0 Å². The van der Waals surface area contributed by atoms with Crippen molar-refractivity contribution in [1.82, 2.24) is 20.4 Å². The third-order valence-electron chi connectivity index (χ3n) is 3.57. The Balaban J connectivity index is 1.82. The van der Waals surface area contributed by atoms with Crippen molar-refractivity contribution in [3.05, 3.63) is 17.5 Å². The van der Waals surface area contributed by atoms with Gasteiger partial charge in [0.2, 0.25) is 5.91 Å². The Kier molecular flexibility index (Phi) is 4.36. The molecule has 0 aromatic carbocycles. The largest absolute Gasteiger partial charge is 0.341 e. The molecule has 0 bridgehead atoms. The monoisotopic (exact) mass is 250 g/mol. The maximum absolute atomic E-state index is 12.2. The summed E-state index contributed by atoms with van der Waals surface area (Å²) < 4.78 is 0. The Hall–Kier alpha value is -1.36. The van der Waals surface area contributed by atoms with Gasteiger partial charge in [0.15, 0.2) is 0 Å². The number of likely N-dealkylation sites (tertiary alicyclic amines) is 1. The van der Waals surface area contributed by atoms with E-state index < -0.39 is 0 Å². The lowest BCUT2D eigenvalue weighted by Crippen LogP contribution is -2.46. The number of nitrogens with one attached hydrogen (secondary N) is 2. The van der Waals surface area contributed by atoms with Crippen LogP contribution in [0.2, 0.25) is 0 Å². The van der Waals surface area contributed by atoms with Crippen LogP contribution in [0.5, 0.6) is 0 Å². The van der Waals surface area contributed by atoms with Gasteiger partial charge in [0, 0.05) is 30.9 Å². The smallest absolute Gasteiger partial charge is 0.239 e. The first-order valence-corrected chi connectivity index (χ1v) is 6.69. The lowest BCUT2D eigenvalue weighted by atomic mass is 10.1. The molecule has 0 unspecified atom stereocenters. The summed E-state index contributed by atoms with van der Waals surface area (Å²) in [6.07, 6.45) is 5.33. The van der Waals surface area contributed by atoms with Crippen molar-refractivity contribution in [1.29, 1.82) is 0 Å². The van der Waals surface area contributed by atoms with Crippen LogP contribution in [0.25, 0.3) is 0 Å². The van der Waals surface area contributed by atoms with E-state index in [-0.39, 0.29) is 11.9 Å². The van der Waals surface area contributed by atoms with Gasteiger partial charge in [-0.25, -0.2) is 0 Å². The zero-order valence-electron chi connectivity index (χ0n) is 11.2. The van der Waals surface area contributed by atoms with Gasteiger partial charge < -0.3 is 10.2 Å². The van der Waals surface area contributed by atoms with Gasteiger partial charge in [-0.05, 0) is 33.1 Å². The van der Waals surface area contributed by atoms with E-state index in [0.29, 0.717) is 6.54 Å². The van der Waals surface area contributed by atoms with E-state index in [1.54, 1.807) is 6.20 Å². The number of carbonyl (C=O) groups excluding carboxylic acids is 1. The second-order valence-electron chi connectivity index (χ2n) is 5.01. The van der Waals surface area contributed by atoms with Crippen LogP contribution >= 0.6 is 0 Å². The van der Waals surface area contributed by atoms with Gasteiger partial charge in [-0.1, -0.05) is 0 Å². The summed E-state index contributed by atoms with van der Waals surface area (Å²) in [6, 6.07) is -0.127. The highest BCUT2D eigenvalue weighted by Gasteiger charge is 2.21. The summed E-state index contributed by atoms with van der Waals surface area (Å²) in [5.74, 6) is 0.218. The predicted octanol–water partition coefficient (Wildman–Crippen LogP) is 1.21. The summed E-state index contributed by atoms with van der Waals surface area (Å²) in [5.41, 5.74) is 2.17. The Labute approximate surface area is 108 Å². The Morgan fingerprint density at radius 3 is 2.83 bits per heavy atom. The van der Waals surface area contributed by atoms with Crippen molar-refractivity contribution in [2.45, 2.75) is 45.7 Å². The topological polar surface area (TPSA) is 61.0 Å². The normalized spacial score (nSPS) is 17.8. The van der Waals surface area contributed by atoms with E-state index >= 15 is 0 Å². The van der Waals surface area contributed by atoms with Crippen LogP contribution in [0.15, 0.2) is 6.20 Å². The Bertz CT molecular complexity index is 395. The molecule has 1 aliphatic rings. The molecular weight excluding hydrogens is 228 g/mol. The molecule has 2 rings (SSSR count). The van der Waals surface area contributed by atoms with Gasteiger partial charge >= 0.3 is 0 Å². The number of nitrogens with zero attached hydrogens (tertiary/aromatic N) is 2. The first kappa shape index (κ1) is 13.1. The van der Waals surface area contributed by atoms with Gasteiger partial charge in [-0.15, -0.1) is 0 Å². The molecular formula is C13H22N4O. The lowest BCUT2D eigenvalue weighted by Gasteiger charge is -2.29. The summed E-state index contributed by atoms with van der Waals surface area (Å²) in [4.78, 5) is 14.2. The minimum atomic E-state index is -0.127. The van der Waals surface area contributed by atoms with Crippen LogP contribution in [0, 0.1) is 6.92 Å². The van der Waals surface area contributed by atoms with Crippen LogP contribution in [0.4, 0.5) is 0 Å². The molecule has 0 spiro atoms. The van der Waals surface area contributed by atoms with E-state index in [9.17, 15) is 4.79 Å².